The third-order valence-electron chi connectivity index (χ3n) is 4.86. The van der Waals surface area contributed by atoms with Gasteiger partial charge in [-0.15, -0.1) is 0 Å². The van der Waals surface area contributed by atoms with Gasteiger partial charge < -0.3 is 19.9 Å². The summed E-state index contributed by atoms with van der Waals surface area (Å²) in [4.78, 5) is 14.1. The Labute approximate surface area is 158 Å². The molecule has 8 heteroatoms. The highest BCUT2D eigenvalue weighted by atomic mass is 16.5. The number of piperazine rings is 1. The molecule has 0 aliphatic carbocycles. The zero-order valence-electron chi connectivity index (χ0n) is 15.8. The van der Waals surface area contributed by atoms with Crippen LogP contribution < -0.4 is 15.1 Å². The molecule has 8 nitrogen and oxygen atoms in total. The molecule has 1 fully saturated rings. The normalized spacial score (nSPS) is 14.7. The second-order valence-electron chi connectivity index (χ2n) is 6.61. The van der Waals surface area contributed by atoms with E-state index in [0.29, 0.717) is 19.1 Å². The molecule has 0 amide bonds. The summed E-state index contributed by atoms with van der Waals surface area (Å²) >= 11 is 0. The van der Waals surface area contributed by atoms with E-state index >= 15 is 0 Å². The van der Waals surface area contributed by atoms with E-state index in [-0.39, 0.29) is 0 Å². The van der Waals surface area contributed by atoms with Crippen LogP contribution in [0.5, 0.6) is 0 Å². The molecule has 2 aromatic heterocycles. The highest BCUT2D eigenvalue weighted by molar-refractivity contribution is 5.88. The van der Waals surface area contributed by atoms with Crippen molar-refractivity contribution in [1.29, 1.82) is 0 Å². The van der Waals surface area contributed by atoms with Crippen LogP contribution in [0.15, 0.2) is 36.5 Å². The number of hydrogen-bond donors (Lipinski definition) is 1. The van der Waals surface area contributed by atoms with Gasteiger partial charge in [0.2, 0.25) is 5.95 Å². The SMILES string of the molecule is COCCNc1nc(N2CCN(c3ccccc3)CC2)c2cnn(C)c2n1. The average Bonchev–Trinajstić information content (AvgIpc) is 3.09. The zero-order valence-corrected chi connectivity index (χ0v) is 15.8. The Kier molecular flexibility index (Phi) is 5.06. The van der Waals surface area contributed by atoms with E-state index in [1.807, 2.05) is 13.2 Å². The fraction of sp³-hybridized carbons (Fsp3) is 0.421. The van der Waals surface area contributed by atoms with E-state index in [1.165, 1.54) is 5.69 Å². The van der Waals surface area contributed by atoms with Gasteiger partial charge in [0.15, 0.2) is 5.65 Å². The molecule has 1 saturated heterocycles. The predicted octanol–water partition coefficient (Wildman–Crippen LogP) is 1.75. The van der Waals surface area contributed by atoms with Gasteiger partial charge in [-0.25, -0.2) is 0 Å². The lowest BCUT2D eigenvalue weighted by Gasteiger charge is -2.37. The summed E-state index contributed by atoms with van der Waals surface area (Å²) in [6.07, 6.45) is 1.85. The predicted molar refractivity (Wildman–Crippen MR) is 108 cm³/mol. The number of para-hydroxylation sites is 1. The number of aryl methyl sites for hydroxylation is 1. The standard InChI is InChI=1S/C19H25N7O/c1-24-17-16(14-21-24)18(23-19(22-17)20-8-13-27-2)26-11-9-25(10-12-26)15-6-4-3-5-7-15/h3-7,14H,8-13H2,1-2H3,(H,20,22,23). The summed E-state index contributed by atoms with van der Waals surface area (Å²) < 4.78 is 6.90. The molecule has 27 heavy (non-hydrogen) atoms. The van der Waals surface area contributed by atoms with Gasteiger partial charge >= 0.3 is 0 Å². The molecule has 1 aliphatic rings. The van der Waals surface area contributed by atoms with E-state index in [4.69, 9.17) is 9.72 Å². The van der Waals surface area contributed by atoms with Crippen molar-refractivity contribution in [3.05, 3.63) is 36.5 Å². The van der Waals surface area contributed by atoms with Crippen LogP contribution >= 0.6 is 0 Å². The van der Waals surface area contributed by atoms with Crippen LogP contribution in [-0.2, 0) is 11.8 Å². The van der Waals surface area contributed by atoms with Gasteiger partial charge in [-0.3, -0.25) is 4.68 Å². The summed E-state index contributed by atoms with van der Waals surface area (Å²) in [6, 6.07) is 10.6. The van der Waals surface area contributed by atoms with Crippen LogP contribution in [0.4, 0.5) is 17.5 Å². The van der Waals surface area contributed by atoms with Gasteiger partial charge in [0.1, 0.15) is 5.82 Å². The van der Waals surface area contributed by atoms with Crippen molar-refractivity contribution in [2.24, 2.45) is 7.05 Å². The van der Waals surface area contributed by atoms with E-state index in [1.54, 1.807) is 11.8 Å². The monoisotopic (exact) mass is 367 g/mol. The first-order valence-electron chi connectivity index (χ1n) is 9.24. The highest BCUT2D eigenvalue weighted by Gasteiger charge is 2.22. The molecule has 3 aromatic rings. The Balaban J connectivity index is 1.56. The number of hydrogen-bond acceptors (Lipinski definition) is 7. The molecule has 142 valence electrons. The van der Waals surface area contributed by atoms with Crippen LogP contribution in [0.3, 0.4) is 0 Å². The number of fused-ring (bicyclic) bond motifs is 1. The van der Waals surface area contributed by atoms with Gasteiger partial charge in [-0.05, 0) is 12.1 Å². The lowest BCUT2D eigenvalue weighted by Crippen LogP contribution is -2.47. The van der Waals surface area contributed by atoms with Crippen molar-refractivity contribution in [3.8, 4) is 0 Å². The lowest BCUT2D eigenvalue weighted by molar-refractivity contribution is 0.210. The molecule has 0 saturated carbocycles. The van der Waals surface area contributed by atoms with Crippen LogP contribution in [0.25, 0.3) is 11.0 Å². The number of methoxy groups -OCH3 is 1. The molecular formula is C19H25N7O. The van der Waals surface area contributed by atoms with E-state index in [9.17, 15) is 0 Å². The van der Waals surface area contributed by atoms with Crippen molar-refractivity contribution in [3.63, 3.8) is 0 Å². The number of nitrogens with zero attached hydrogens (tertiary/aromatic N) is 6. The molecule has 0 unspecified atom stereocenters. The fourth-order valence-electron chi connectivity index (χ4n) is 3.41. The topological polar surface area (TPSA) is 71.3 Å². The highest BCUT2D eigenvalue weighted by Crippen LogP contribution is 2.27. The number of anilines is 3. The molecule has 0 atom stereocenters. The van der Waals surface area contributed by atoms with Gasteiger partial charge in [0.25, 0.3) is 0 Å². The Morgan fingerprint density at radius 2 is 1.78 bits per heavy atom. The maximum atomic E-state index is 5.11. The first kappa shape index (κ1) is 17.5. The Hall–Kier alpha value is -2.87. The number of rotatable bonds is 6. The second kappa shape index (κ2) is 7.79. The summed E-state index contributed by atoms with van der Waals surface area (Å²) in [7, 11) is 3.59. The van der Waals surface area contributed by atoms with Crippen LogP contribution in [0.2, 0.25) is 0 Å². The fourth-order valence-corrected chi connectivity index (χ4v) is 3.41. The molecule has 0 bridgehead atoms. The van der Waals surface area contributed by atoms with Gasteiger partial charge in [0, 0.05) is 52.6 Å². The van der Waals surface area contributed by atoms with Crippen molar-refractivity contribution in [1.82, 2.24) is 19.7 Å². The van der Waals surface area contributed by atoms with Gasteiger partial charge in [-0.2, -0.15) is 15.1 Å². The molecule has 0 radical (unpaired) electrons. The largest absolute Gasteiger partial charge is 0.383 e. The third-order valence-corrected chi connectivity index (χ3v) is 4.86. The van der Waals surface area contributed by atoms with E-state index in [2.05, 4.69) is 55.5 Å². The van der Waals surface area contributed by atoms with Crippen LogP contribution in [-0.4, -0.2) is 66.2 Å². The minimum absolute atomic E-state index is 0.609. The molecule has 0 spiro atoms. The quantitative estimate of drug-likeness (QED) is 0.666. The Morgan fingerprint density at radius 1 is 1.04 bits per heavy atom. The van der Waals surface area contributed by atoms with Crippen molar-refractivity contribution < 1.29 is 4.74 Å². The number of benzene rings is 1. The molecule has 1 N–H and O–H groups in total. The van der Waals surface area contributed by atoms with Crippen LogP contribution in [0.1, 0.15) is 0 Å². The minimum atomic E-state index is 0.609. The third kappa shape index (κ3) is 3.66. The summed E-state index contributed by atoms with van der Waals surface area (Å²) in [5.74, 6) is 1.56. The molecular weight excluding hydrogens is 342 g/mol. The molecule has 3 heterocycles. The maximum Gasteiger partial charge on any atom is 0.226 e. The Morgan fingerprint density at radius 3 is 2.52 bits per heavy atom. The van der Waals surface area contributed by atoms with Crippen LogP contribution in [0, 0.1) is 0 Å². The Bertz CT molecular complexity index is 888. The van der Waals surface area contributed by atoms with E-state index < -0.39 is 0 Å². The molecule has 1 aliphatic heterocycles. The summed E-state index contributed by atoms with van der Waals surface area (Å²) in [5.41, 5.74) is 2.11. The smallest absolute Gasteiger partial charge is 0.226 e. The minimum Gasteiger partial charge on any atom is -0.383 e. The number of ether oxygens (including phenoxy) is 1. The zero-order chi connectivity index (χ0) is 18.6. The lowest BCUT2D eigenvalue weighted by atomic mass is 10.2. The molecule has 1 aromatic carbocycles. The van der Waals surface area contributed by atoms with E-state index in [0.717, 1.165) is 43.0 Å². The number of aromatic nitrogens is 4. The van der Waals surface area contributed by atoms with Gasteiger partial charge in [0.05, 0.1) is 18.2 Å². The van der Waals surface area contributed by atoms with Crippen molar-refractivity contribution in [2.45, 2.75) is 0 Å². The first-order chi connectivity index (χ1) is 13.3. The van der Waals surface area contributed by atoms with Gasteiger partial charge in [-0.1, -0.05) is 18.2 Å². The second-order valence-corrected chi connectivity index (χ2v) is 6.61. The molecule has 4 rings (SSSR count). The first-order valence-corrected chi connectivity index (χ1v) is 9.24. The summed E-state index contributed by atoms with van der Waals surface area (Å²) in [5, 5.41) is 8.61. The maximum absolute atomic E-state index is 5.11. The average molecular weight is 367 g/mol. The number of nitrogens with one attached hydrogen (secondary N) is 1. The van der Waals surface area contributed by atoms with Crippen molar-refractivity contribution in [2.75, 3.05) is 61.6 Å². The van der Waals surface area contributed by atoms with Crippen molar-refractivity contribution >= 4 is 28.5 Å². The summed E-state index contributed by atoms with van der Waals surface area (Å²) in [6.45, 7) is 5.02.